The van der Waals surface area contributed by atoms with Crippen LogP contribution in [0.2, 0.25) is 0 Å². The molecule has 5 nitrogen and oxygen atoms in total. The Hall–Kier alpha value is -5.42. The van der Waals surface area contributed by atoms with E-state index in [0.29, 0.717) is 5.89 Å². The quantitative estimate of drug-likeness (QED) is 0.241. The van der Waals surface area contributed by atoms with Crippen molar-refractivity contribution in [3.8, 4) is 39.7 Å². The average Bonchev–Trinajstić information content (AvgIpc) is 3.75. The van der Waals surface area contributed by atoms with E-state index in [9.17, 15) is 0 Å². The number of hydrogen-bond acceptors (Lipinski definition) is 4. The summed E-state index contributed by atoms with van der Waals surface area (Å²) in [5, 5.41) is 2.28. The summed E-state index contributed by atoms with van der Waals surface area (Å²) in [5.41, 5.74) is 8.61. The minimum Gasteiger partial charge on any atom is -0.464 e. The molecular weight excluding hydrogens is 482 g/mol. The van der Waals surface area contributed by atoms with Crippen molar-refractivity contribution in [3.63, 3.8) is 0 Å². The number of hydrogen-bond donors (Lipinski definition) is 0. The highest BCUT2D eigenvalue weighted by molar-refractivity contribution is 6.12. The van der Waals surface area contributed by atoms with Gasteiger partial charge in [0.1, 0.15) is 11.3 Å². The van der Waals surface area contributed by atoms with Crippen LogP contribution in [0.5, 0.6) is 0 Å². The van der Waals surface area contributed by atoms with Crippen molar-refractivity contribution < 1.29 is 8.83 Å². The summed E-state index contributed by atoms with van der Waals surface area (Å²) in [4.78, 5) is 9.41. The standard InChI is InChI=1S/C34H21N3O2/c1-3-14-30-24(11-1)25-20-26(32-16-8-18-38-32)27(34-36-29-13-2-4-15-33(29)39-34)21-31(25)37(30)23-10-7-9-22(19-23)28-12-5-6-17-35-28/h1-21H. The molecule has 5 heteroatoms. The second kappa shape index (κ2) is 8.57. The van der Waals surface area contributed by atoms with Gasteiger partial charge in [-0.3, -0.25) is 4.98 Å². The molecule has 0 radical (unpaired) electrons. The van der Waals surface area contributed by atoms with Gasteiger partial charge in [-0.2, -0.15) is 0 Å². The van der Waals surface area contributed by atoms with E-state index in [4.69, 9.17) is 13.8 Å². The van der Waals surface area contributed by atoms with Crippen molar-refractivity contribution in [3.05, 3.63) is 128 Å². The Labute approximate surface area is 223 Å². The van der Waals surface area contributed by atoms with Crippen molar-refractivity contribution >= 4 is 32.9 Å². The Bertz CT molecular complexity index is 2090. The summed E-state index contributed by atoms with van der Waals surface area (Å²) in [6, 6.07) is 39.1. The van der Waals surface area contributed by atoms with Crippen LogP contribution in [-0.2, 0) is 0 Å². The predicted molar refractivity (Wildman–Crippen MR) is 155 cm³/mol. The topological polar surface area (TPSA) is 57.0 Å². The van der Waals surface area contributed by atoms with Gasteiger partial charge in [0.15, 0.2) is 5.58 Å². The van der Waals surface area contributed by atoms with Crippen LogP contribution in [0.25, 0.3) is 72.6 Å². The average molecular weight is 504 g/mol. The Kier molecular flexibility index (Phi) is 4.76. The van der Waals surface area contributed by atoms with Gasteiger partial charge in [0, 0.05) is 33.8 Å². The van der Waals surface area contributed by atoms with Crippen LogP contribution in [0.15, 0.2) is 137 Å². The van der Waals surface area contributed by atoms with E-state index in [1.165, 1.54) is 0 Å². The van der Waals surface area contributed by atoms with Gasteiger partial charge in [0.05, 0.1) is 28.6 Å². The molecular formula is C34H21N3O2. The molecule has 0 aliphatic rings. The zero-order valence-corrected chi connectivity index (χ0v) is 20.8. The van der Waals surface area contributed by atoms with E-state index in [0.717, 1.165) is 66.7 Å². The molecule has 0 unspecified atom stereocenters. The van der Waals surface area contributed by atoms with Crippen molar-refractivity contribution in [1.82, 2.24) is 14.5 Å². The van der Waals surface area contributed by atoms with E-state index >= 15 is 0 Å². The predicted octanol–water partition coefficient (Wildman–Crippen LogP) is 8.91. The molecule has 0 fully saturated rings. The third-order valence-corrected chi connectivity index (χ3v) is 7.19. The number of para-hydroxylation sites is 3. The number of fused-ring (bicyclic) bond motifs is 4. The number of pyridine rings is 1. The van der Waals surface area contributed by atoms with Gasteiger partial charge in [-0.25, -0.2) is 4.98 Å². The van der Waals surface area contributed by atoms with Gasteiger partial charge in [-0.15, -0.1) is 0 Å². The molecule has 0 N–H and O–H groups in total. The lowest BCUT2D eigenvalue weighted by Gasteiger charge is -2.11. The van der Waals surface area contributed by atoms with Gasteiger partial charge < -0.3 is 13.4 Å². The number of aromatic nitrogens is 3. The molecule has 0 aliphatic carbocycles. The molecule has 0 saturated carbocycles. The first kappa shape index (κ1) is 21.6. The number of rotatable bonds is 4. The first-order valence-electron chi connectivity index (χ1n) is 12.8. The maximum atomic E-state index is 6.27. The van der Waals surface area contributed by atoms with Gasteiger partial charge in [0.2, 0.25) is 5.89 Å². The zero-order chi connectivity index (χ0) is 25.8. The van der Waals surface area contributed by atoms with E-state index in [2.05, 4.69) is 70.2 Å². The van der Waals surface area contributed by atoms with Gasteiger partial charge in [0.25, 0.3) is 0 Å². The van der Waals surface area contributed by atoms with Crippen LogP contribution >= 0.6 is 0 Å². The summed E-state index contributed by atoms with van der Waals surface area (Å²) >= 11 is 0. The first-order valence-corrected chi connectivity index (χ1v) is 12.8. The molecule has 0 bridgehead atoms. The molecule has 4 heterocycles. The maximum Gasteiger partial charge on any atom is 0.228 e. The van der Waals surface area contributed by atoms with Crippen LogP contribution in [0.4, 0.5) is 0 Å². The SMILES string of the molecule is c1ccc(-c2cccc(-n3c4ccccc4c4cc(-c5ccco5)c(-c5nc6ccccc6o5)cc43)c2)nc1. The van der Waals surface area contributed by atoms with Gasteiger partial charge in [-0.05, 0) is 66.7 Å². The minimum atomic E-state index is 0.559. The largest absolute Gasteiger partial charge is 0.464 e. The Morgan fingerprint density at radius 2 is 1.54 bits per heavy atom. The molecule has 0 amide bonds. The van der Waals surface area contributed by atoms with Crippen molar-refractivity contribution in [2.75, 3.05) is 0 Å². The normalized spacial score (nSPS) is 11.6. The summed E-state index contributed by atoms with van der Waals surface area (Å²) in [6.07, 6.45) is 3.52. The summed E-state index contributed by atoms with van der Waals surface area (Å²) < 4.78 is 14.5. The minimum absolute atomic E-state index is 0.559. The Morgan fingerprint density at radius 1 is 0.641 bits per heavy atom. The fourth-order valence-electron chi connectivity index (χ4n) is 5.43. The third-order valence-electron chi connectivity index (χ3n) is 7.19. The van der Waals surface area contributed by atoms with Gasteiger partial charge in [-0.1, -0.05) is 48.5 Å². The molecule has 0 saturated heterocycles. The summed E-state index contributed by atoms with van der Waals surface area (Å²) in [5.74, 6) is 1.33. The molecule has 39 heavy (non-hydrogen) atoms. The Balaban J connectivity index is 1.45. The van der Waals surface area contributed by atoms with Crippen LogP contribution in [0.1, 0.15) is 0 Å². The lowest BCUT2D eigenvalue weighted by molar-refractivity contribution is 0.581. The smallest absolute Gasteiger partial charge is 0.228 e. The fraction of sp³-hybridized carbons (Fsp3) is 0. The maximum absolute atomic E-state index is 6.27. The lowest BCUT2D eigenvalue weighted by Crippen LogP contribution is -1.95. The molecule has 8 rings (SSSR count). The molecule has 0 atom stereocenters. The van der Waals surface area contributed by atoms with E-state index in [-0.39, 0.29) is 0 Å². The second-order valence-corrected chi connectivity index (χ2v) is 9.50. The van der Waals surface area contributed by atoms with E-state index in [1.54, 1.807) is 6.26 Å². The van der Waals surface area contributed by atoms with Gasteiger partial charge >= 0.3 is 0 Å². The molecule has 8 aromatic rings. The van der Waals surface area contributed by atoms with E-state index < -0.39 is 0 Å². The van der Waals surface area contributed by atoms with Crippen molar-refractivity contribution in [2.45, 2.75) is 0 Å². The monoisotopic (exact) mass is 503 g/mol. The molecule has 4 aromatic carbocycles. The number of nitrogens with zero attached hydrogens (tertiary/aromatic N) is 3. The molecule has 0 aliphatic heterocycles. The highest BCUT2D eigenvalue weighted by Crippen LogP contribution is 2.41. The number of furan rings is 1. The second-order valence-electron chi connectivity index (χ2n) is 9.50. The number of benzene rings is 4. The lowest BCUT2D eigenvalue weighted by atomic mass is 10.0. The summed E-state index contributed by atoms with van der Waals surface area (Å²) in [6.45, 7) is 0. The van der Waals surface area contributed by atoms with E-state index in [1.807, 2.05) is 60.8 Å². The van der Waals surface area contributed by atoms with Crippen molar-refractivity contribution in [1.29, 1.82) is 0 Å². The Morgan fingerprint density at radius 3 is 2.41 bits per heavy atom. The zero-order valence-electron chi connectivity index (χ0n) is 20.8. The fourth-order valence-corrected chi connectivity index (χ4v) is 5.43. The highest BCUT2D eigenvalue weighted by Gasteiger charge is 2.21. The third kappa shape index (κ3) is 3.48. The highest BCUT2D eigenvalue weighted by atomic mass is 16.3. The van der Waals surface area contributed by atoms with Crippen LogP contribution in [0.3, 0.4) is 0 Å². The van der Waals surface area contributed by atoms with Crippen LogP contribution in [0, 0.1) is 0 Å². The van der Waals surface area contributed by atoms with Crippen LogP contribution in [-0.4, -0.2) is 14.5 Å². The van der Waals surface area contributed by atoms with Crippen LogP contribution < -0.4 is 0 Å². The molecule has 4 aromatic heterocycles. The summed E-state index contributed by atoms with van der Waals surface area (Å²) in [7, 11) is 0. The molecule has 184 valence electrons. The first-order chi connectivity index (χ1) is 19.3. The van der Waals surface area contributed by atoms with Crippen molar-refractivity contribution in [2.24, 2.45) is 0 Å². The number of oxazole rings is 1. The molecule has 0 spiro atoms.